The molecule has 0 radical (unpaired) electrons. The van der Waals surface area contributed by atoms with Gasteiger partial charge in [0.25, 0.3) is 0 Å². The molecule has 1 saturated heterocycles. The number of aryl methyl sites for hydroxylation is 3. The van der Waals surface area contributed by atoms with Gasteiger partial charge in [-0.2, -0.15) is 5.10 Å². The highest BCUT2D eigenvalue weighted by atomic mass is 16.5. The molecule has 1 aliphatic carbocycles. The lowest BCUT2D eigenvalue weighted by Crippen LogP contribution is -2.41. The molecule has 0 saturated carbocycles. The van der Waals surface area contributed by atoms with Crippen LogP contribution in [0.3, 0.4) is 0 Å². The van der Waals surface area contributed by atoms with Gasteiger partial charge in [0.15, 0.2) is 5.78 Å². The van der Waals surface area contributed by atoms with E-state index in [0.717, 1.165) is 103 Å². The van der Waals surface area contributed by atoms with Crippen LogP contribution in [0.4, 0.5) is 17.3 Å². The Morgan fingerprint density at radius 1 is 1.08 bits per heavy atom. The Morgan fingerprint density at radius 3 is 2.50 bits per heavy atom. The number of carbonyl (C=O) groups excluding carboxylic acids is 1. The molecule has 0 amide bonds. The van der Waals surface area contributed by atoms with Crippen LogP contribution in [0.2, 0.25) is 0 Å². The maximum Gasteiger partial charge on any atom is 0.227 e. The number of aromatic nitrogens is 4. The van der Waals surface area contributed by atoms with Gasteiger partial charge < -0.3 is 25.6 Å². The predicted octanol–water partition coefficient (Wildman–Crippen LogP) is 5.62. The first kappa shape index (κ1) is 33.6. The molecular formula is C38H50N8O2. The molecule has 6 rings (SSSR count). The van der Waals surface area contributed by atoms with E-state index in [2.05, 4.69) is 73.4 Å². The molecule has 0 bridgehead atoms. The van der Waals surface area contributed by atoms with Gasteiger partial charge in [-0.15, -0.1) is 0 Å². The normalized spacial score (nSPS) is 14.9. The number of ketones is 1. The number of hydrogen-bond donors (Lipinski definition) is 2. The van der Waals surface area contributed by atoms with Crippen molar-refractivity contribution in [2.24, 2.45) is 5.73 Å². The van der Waals surface area contributed by atoms with Crippen molar-refractivity contribution in [3.05, 3.63) is 76.1 Å². The number of ether oxygens (including phenoxy) is 1. The number of benzene rings is 2. The summed E-state index contributed by atoms with van der Waals surface area (Å²) >= 11 is 0. The molecule has 0 spiro atoms. The van der Waals surface area contributed by atoms with Gasteiger partial charge in [0.05, 0.1) is 30.7 Å². The molecule has 3 N–H and O–H groups in total. The minimum Gasteiger partial charge on any atom is -0.494 e. The van der Waals surface area contributed by atoms with Crippen LogP contribution >= 0.6 is 0 Å². The number of piperidine rings is 1. The Labute approximate surface area is 284 Å². The van der Waals surface area contributed by atoms with Crippen molar-refractivity contribution in [2.75, 3.05) is 51.1 Å². The quantitative estimate of drug-likeness (QED) is 0.189. The number of rotatable bonds is 12. The minimum atomic E-state index is 0.0456. The monoisotopic (exact) mass is 650 g/mol. The summed E-state index contributed by atoms with van der Waals surface area (Å²) in [7, 11) is 6.02. The Hall–Kier alpha value is -4.28. The molecule has 0 atom stereocenters. The zero-order valence-electron chi connectivity index (χ0n) is 29.2. The first-order valence-corrected chi connectivity index (χ1v) is 17.5. The van der Waals surface area contributed by atoms with Crippen molar-refractivity contribution >= 4 is 23.1 Å². The standard InChI is InChI=1S/C38H50N8O2/c1-6-25-10-8-11-26(7-2)31(25)23-33(47)36-30-13-9-12-27-24-40-38(42-35(27)37(30)46(43-36)21-18-39)41-32-15-14-29(22-34(32)48-5)45-19-16-28(17-20-45)44(3)4/h8,10-11,14-15,22,24,28H,6-7,9,12-13,16-21,23,39H2,1-5H3,(H,40,41,42). The second kappa shape index (κ2) is 14.9. The fourth-order valence-electron chi connectivity index (χ4n) is 7.38. The van der Waals surface area contributed by atoms with Crippen LogP contribution in [0.15, 0.2) is 42.6 Å². The smallest absolute Gasteiger partial charge is 0.227 e. The Morgan fingerprint density at radius 2 is 1.83 bits per heavy atom. The molecule has 3 heterocycles. The molecule has 1 fully saturated rings. The summed E-state index contributed by atoms with van der Waals surface area (Å²) in [5.74, 6) is 1.25. The minimum absolute atomic E-state index is 0.0456. The molecule has 2 aromatic carbocycles. The molecule has 4 aromatic rings. The van der Waals surface area contributed by atoms with Crippen LogP contribution in [-0.4, -0.2) is 77.3 Å². The highest BCUT2D eigenvalue weighted by molar-refractivity contribution is 5.99. The SMILES string of the molecule is CCc1cccc(CC)c1CC(=O)c1nn(CCN)c2c1CCCc1cnc(Nc3ccc(N4CCC(N(C)C)CC4)cc3OC)nc1-2. The summed E-state index contributed by atoms with van der Waals surface area (Å²) in [6.07, 6.45) is 8.75. The summed E-state index contributed by atoms with van der Waals surface area (Å²) in [5, 5.41) is 8.34. The number of nitrogens with zero attached hydrogens (tertiary/aromatic N) is 6. The predicted molar refractivity (Wildman–Crippen MR) is 193 cm³/mol. The number of carbonyl (C=O) groups is 1. The van der Waals surface area contributed by atoms with E-state index in [4.69, 9.17) is 25.5 Å². The van der Waals surface area contributed by atoms with Gasteiger partial charge in [0, 0.05) is 55.6 Å². The molecule has 10 heteroatoms. The number of fused-ring (bicyclic) bond motifs is 3. The third-order valence-electron chi connectivity index (χ3n) is 10.1. The number of Topliss-reactive ketones (excluding diaryl/α,β-unsaturated/α-hetero) is 1. The largest absolute Gasteiger partial charge is 0.494 e. The van der Waals surface area contributed by atoms with E-state index >= 15 is 0 Å². The Bertz CT molecular complexity index is 1730. The summed E-state index contributed by atoms with van der Waals surface area (Å²) < 4.78 is 7.73. The van der Waals surface area contributed by atoms with Crippen LogP contribution in [0.1, 0.15) is 71.4 Å². The topological polar surface area (TPSA) is 114 Å². The fraction of sp³-hybridized carbons (Fsp3) is 0.474. The Kier molecular flexibility index (Phi) is 10.4. The maximum absolute atomic E-state index is 14.1. The van der Waals surface area contributed by atoms with Gasteiger partial charge in [-0.1, -0.05) is 32.0 Å². The lowest BCUT2D eigenvalue weighted by molar-refractivity contribution is 0.0986. The lowest BCUT2D eigenvalue weighted by Gasteiger charge is -2.36. The molecule has 48 heavy (non-hydrogen) atoms. The summed E-state index contributed by atoms with van der Waals surface area (Å²) in [4.78, 5) is 28.6. The van der Waals surface area contributed by atoms with Crippen molar-refractivity contribution in [1.82, 2.24) is 24.6 Å². The first-order chi connectivity index (χ1) is 23.3. The highest BCUT2D eigenvalue weighted by Crippen LogP contribution is 2.37. The van der Waals surface area contributed by atoms with Crippen molar-refractivity contribution < 1.29 is 9.53 Å². The van der Waals surface area contributed by atoms with E-state index in [1.807, 2.05) is 16.9 Å². The number of nitrogens with two attached hydrogens (primary N) is 1. The zero-order valence-corrected chi connectivity index (χ0v) is 29.2. The number of nitrogens with one attached hydrogen (secondary N) is 1. The second-order valence-electron chi connectivity index (χ2n) is 13.2. The Balaban J connectivity index is 1.30. The molecule has 254 valence electrons. The van der Waals surface area contributed by atoms with Crippen LogP contribution in [0.25, 0.3) is 11.4 Å². The zero-order chi connectivity index (χ0) is 33.8. The molecule has 0 unspecified atom stereocenters. The van der Waals surface area contributed by atoms with E-state index in [1.54, 1.807) is 7.11 Å². The van der Waals surface area contributed by atoms with E-state index in [0.29, 0.717) is 37.2 Å². The van der Waals surface area contributed by atoms with Gasteiger partial charge >= 0.3 is 0 Å². The van der Waals surface area contributed by atoms with Gasteiger partial charge in [0.1, 0.15) is 11.4 Å². The van der Waals surface area contributed by atoms with Gasteiger partial charge in [-0.05, 0) is 93.4 Å². The molecule has 1 aliphatic heterocycles. The van der Waals surface area contributed by atoms with Crippen molar-refractivity contribution in [3.8, 4) is 17.1 Å². The van der Waals surface area contributed by atoms with Crippen molar-refractivity contribution in [2.45, 2.75) is 77.8 Å². The van der Waals surface area contributed by atoms with Gasteiger partial charge in [-0.3, -0.25) is 9.48 Å². The molecular weight excluding hydrogens is 600 g/mol. The fourth-order valence-corrected chi connectivity index (χ4v) is 7.38. The summed E-state index contributed by atoms with van der Waals surface area (Å²) in [6.45, 7) is 7.22. The van der Waals surface area contributed by atoms with Crippen LogP contribution in [-0.2, 0) is 38.6 Å². The molecule has 2 aromatic heterocycles. The van der Waals surface area contributed by atoms with Crippen molar-refractivity contribution in [1.29, 1.82) is 0 Å². The van der Waals surface area contributed by atoms with E-state index in [9.17, 15) is 4.79 Å². The average Bonchev–Trinajstić information content (AvgIpc) is 3.35. The third kappa shape index (κ3) is 6.82. The van der Waals surface area contributed by atoms with E-state index < -0.39 is 0 Å². The first-order valence-electron chi connectivity index (χ1n) is 17.5. The lowest BCUT2D eigenvalue weighted by atomic mass is 9.92. The van der Waals surface area contributed by atoms with Crippen LogP contribution < -0.4 is 20.7 Å². The second-order valence-corrected chi connectivity index (χ2v) is 13.2. The highest BCUT2D eigenvalue weighted by Gasteiger charge is 2.29. The van der Waals surface area contributed by atoms with Crippen molar-refractivity contribution in [3.63, 3.8) is 0 Å². The number of methoxy groups -OCH3 is 1. The molecule has 2 aliphatic rings. The average molecular weight is 651 g/mol. The van der Waals surface area contributed by atoms with Crippen LogP contribution in [0.5, 0.6) is 5.75 Å². The van der Waals surface area contributed by atoms with E-state index in [-0.39, 0.29) is 5.78 Å². The van der Waals surface area contributed by atoms with Crippen LogP contribution in [0, 0.1) is 0 Å². The van der Waals surface area contributed by atoms with E-state index in [1.165, 1.54) is 11.1 Å². The number of anilines is 3. The maximum atomic E-state index is 14.1. The number of hydrogen-bond acceptors (Lipinski definition) is 9. The molecule has 10 nitrogen and oxygen atoms in total. The summed E-state index contributed by atoms with van der Waals surface area (Å²) in [6, 6.07) is 13.3. The van der Waals surface area contributed by atoms with Gasteiger partial charge in [-0.25, -0.2) is 9.97 Å². The van der Waals surface area contributed by atoms with Gasteiger partial charge in [0.2, 0.25) is 5.95 Å². The third-order valence-corrected chi connectivity index (χ3v) is 10.1. The summed E-state index contributed by atoms with van der Waals surface area (Å²) in [5.41, 5.74) is 15.8.